The van der Waals surface area contributed by atoms with Crippen molar-refractivity contribution in [3.8, 4) is 0 Å². The first-order chi connectivity index (χ1) is 7.22. The largest absolute Gasteiger partial charge is 0.463 e. The van der Waals surface area contributed by atoms with E-state index in [1.165, 1.54) is 6.20 Å². The van der Waals surface area contributed by atoms with Crippen LogP contribution in [0.25, 0.3) is 0 Å². The van der Waals surface area contributed by atoms with Crippen molar-refractivity contribution in [2.45, 2.75) is 6.42 Å². The van der Waals surface area contributed by atoms with Crippen LogP contribution in [0.15, 0.2) is 18.3 Å². The smallest absolute Gasteiger partial charge is 0.311 e. The summed E-state index contributed by atoms with van der Waals surface area (Å²) >= 11 is 0. The fourth-order valence-corrected chi connectivity index (χ4v) is 0.978. The molecule has 1 rings (SSSR count). The Balaban J connectivity index is 2.34. The molecule has 0 amide bonds. The lowest BCUT2D eigenvalue weighted by atomic mass is 10.2. The van der Waals surface area contributed by atoms with Gasteiger partial charge in [0.05, 0.1) is 30.6 Å². The van der Waals surface area contributed by atoms with Crippen molar-refractivity contribution in [2.24, 2.45) is 0 Å². The van der Waals surface area contributed by atoms with Gasteiger partial charge in [0.15, 0.2) is 0 Å². The van der Waals surface area contributed by atoms with Crippen molar-refractivity contribution in [1.29, 1.82) is 0 Å². The molecule has 0 aliphatic heterocycles. The van der Waals surface area contributed by atoms with E-state index >= 15 is 0 Å². The highest BCUT2D eigenvalue weighted by Crippen LogP contribution is 2.02. The minimum absolute atomic E-state index is 0.157. The minimum Gasteiger partial charge on any atom is -0.463 e. The molecule has 2 N–H and O–H groups in total. The maximum absolute atomic E-state index is 11.2. The maximum Gasteiger partial charge on any atom is 0.311 e. The standard InChI is InChI=1S/C10H14N2O3/c1-14-4-5-15-10(13)6-9-3-2-8(11)7-12-9/h2-3,7H,4-6,11H2,1H3. The van der Waals surface area contributed by atoms with E-state index in [2.05, 4.69) is 4.98 Å². The van der Waals surface area contributed by atoms with Crippen LogP contribution in [0, 0.1) is 0 Å². The van der Waals surface area contributed by atoms with Gasteiger partial charge in [-0.1, -0.05) is 0 Å². The molecule has 0 saturated carbocycles. The van der Waals surface area contributed by atoms with E-state index in [0.29, 0.717) is 18.0 Å². The van der Waals surface area contributed by atoms with Gasteiger partial charge in [-0.2, -0.15) is 0 Å². The molecular formula is C10H14N2O3. The zero-order valence-electron chi connectivity index (χ0n) is 8.60. The molecule has 0 unspecified atom stereocenters. The van der Waals surface area contributed by atoms with Crippen LogP contribution < -0.4 is 5.73 Å². The number of carbonyl (C=O) groups is 1. The van der Waals surface area contributed by atoms with E-state index < -0.39 is 0 Å². The number of carbonyl (C=O) groups excluding carboxylic acids is 1. The van der Waals surface area contributed by atoms with Crippen LogP contribution in [0.1, 0.15) is 5.69 Å². The summed E-state index contributed by atoms with van der Waals surface area (Å²) in [6, 6.07) is 3.40. The Hall–Kier alpha value is -1.62. The molecule has 0 bridgehead atoms. The highest BCUT2D eigenvalue weighted by molar-refractivity contribution is 5.72. The molecule has 0 aromatic carbocycles. The van der Waals surface area contributed by atoms with Crippen LogP contribution in [0.4, 0.5) is 5.69 Å². The van der Waals surface area contributed by atoms with Gasteiger partial charge in [0.2, 0.25) is 0 Å². The van der Waals surface area contributed by atoms with Crippen molar-refractivity contribution >= 4 is 11.7 Å². The van der Waals surface area contributed by atoms with Gasteiger partial charge in [-0.25, -0.2) is 0 Å². The Morgan fingerprint density at radius 3 is 2.87 bits per heavy atom. The number of ether oxygens (including phenoxy) is 2. The second-order valence-electron chi connectivity index (χ2n) is 2.97. The van der Waals surface area contributed by atoms with E-state index in [1.807, 2.05) is 0 Å². The number of nitrogen functional groups attached to an aromatic ring is 1. The summed E-state index contributed by atoms with van der Waals surface area (Å²) in [5.41, 5.74) is 6.68. The van der Waals surface area contributed by atoms with Crippen LogP contribution in [0.5, 0.6) is 0 Å². The molecule has 1 aromatic rings. The first kappa shape index (κ1) is 11.5. The van der Waals surface area contributed by atoms with Gasteiger partial charge in [0, 0.05) is 7.11 Å². The van der Waals surface area contributed by atoms with Gasteiger partial charge in [0.25, 0.3) is 0 Å². The number of hydrogen-bond acceptors (Lipinski definition) is 5. The third kappa shape index (κ3) is 4.42. The zero-order chi connectivity index (χ0) is 11.1. The summed E-state index contributed by atoms with van der Waals surface area (Å²) in [7, 11) is 1.55. The van der Waals surface area contributed by atoms with Crippen molar-refractivity contribution in [3.63, 3.8) is 0 Å². The molecule has 0 atom stereocenters. The molecule has 82 valence electrons. The predicted molar refractivity (Wildman–Crippen MR) is 55.2 cm³/mol. The molecule has 0 fully saturated rings. The second-order valence-corrected chi connectivity index (χ2v) is 2.97. The molecule has 15 heavy (non-hydrogen) atoms. The summed E-state index contributed by atoms with van der Waals surface area (Å²) in [5, 5.41) is 0. The number of hydrogen-bond donors (Lipinski definition) is 1. The Kier molecular flexibility index (Phi) is 4.56. The van der Waals surface area contributed by atoms with Crippen molar-refractivity contribution < 1.29 is 14.3 Å². The Bertz CT molecular complexity index is 311. The summed E-state index contributed by atoms with van der Waals surface area (Å²) in [6.07, 6.45) is 1.67. The first-order valence-corrected chi connectivity index (χ1v) is 4.57. The zero-order valence-corrected chi connectivity index (χ0v) is 8.60. The quantitative estimate of drug-likeness (QED) is 0.562. The van der Waals surface area contributed by atoms with Crippen LogP contribution in [0.2, 0.25) is 0 Å². The van der Waals surface area contributed by atoms with Crippen molar-refractivity contribution in [2.75, 3.05) is 26.1 Å². The summed E-state index contributed by atoms with van der Waals surface area (Å²) in [5.74, 6) is -0.315. The van der Waals surface area contributed by atoms with Gasteiger partial charge in [-0.15, -0.1) is 0 Å². The highest BCUT2D eigenvalue weighted by atomic mass is 16.6. The van der Waals surface area contributed by atoms with E-state index in [0.717, 1.165) is 0 Å². The van der Waals surface area contributed by atoms with Gasteiger partial charge < -0.3 is 15.2 Å². The fraction of sp³-hybridized carbons (Fsp3) is 0.400. The number of pyridine rings is 1. The van der Waals surface area contributed by atoms with E-state index in [4.69, 9.17) is 15.2 Å². The third-order valence-electron chi connectivity index (χ3n) is 1.72. The van der Waals surface area contributed by atoms with Crippen LogP contribution >= 0.6 is 0 Å². The maximum atomic E-state index is 11.2. The monoisotopic (exact) mass is 210 g/mol. The molecule has 0 saturated heterocycles. The third-order valence-corrected chi connectivity index (χ3v) is 1.72. The predicted octanol–water partition coefficient (Wildman–Crippen LogP) is 0.396. The summed E-state index contributed by atoms with van der Waals surface area (Å²) in [6.45, 7) is 0.672. The summed E-state index contributed by atoms with van der Waals surface area (Å²) < 4.78 is 9.63. The average molecular weight is 210 g/mol. The average Bonchev–Trinajstić information content (AvgIpc) is 2.22. The molecule has 1 heterocycles. The lowest BCUT2D eigenvalue weighted by Crippen LogP contribution is -2.12. The molecule has 0 aliphatic carbocycles. The molecule has 0 aliphatic rings. The van der Waals surface area contributed by atoms with Crippen LogP contribution in [-0.2, 0) is 20.7 Å². The number of nitrogens with two attached hydrogens (primary N) is 1. The number of nitrogens with zero attached hydrogens (tertiary/aromatic N) is 1. The van der Waals surface area contributed by atoms with Crippen LogP contribution in [0.3, 0.4) is 0 Å². The molecule has 5 nitrogen and oxygen atoms in total. The fourth-order valence-electron chi connectivity index (χ4n) is 0.978. The molecule has 5 heteroatoms. The highest BCUT2D eigenvalue weighted by Gasteiger charge is 2.05. The lowest BCUT2D eigenvalue weighted by molar-refractivity contribution is -0.144. The van der Waals surface area contributed by atoms with Gasteiger partial charge in [-0.05, 0) is 12.1 Å². The van der Waals surface area contributed by atoms with E-state index in [1.54, 1.807) is 19.2 Å². The van der Waals surface area contributed by atoms with Crippen LogP contribution in [-0.4, -0.2) is 31.3 Å². The van der Waals surface area contributed by atoms with E-state index in [9.17, 15) is 4.79 Å². The minimum atomic E-state index is -0.315. The van der Waals surface area contributed by atoms with Gasteiger partial charge in [-0.3, -0.25) is 9.78 Å². The topological polar surface area (TPSA) is 74.4 Å². The Morgan fingerprint density at radius 2 is 2.27 bits per heavy atom. The number of esters is 1. The molecule has 0 radical (unpaired) electrons. The van der Waals surface area contributed by atoms with E-state index in [-0.39, 0.29) is 19.0 Å². The summed E-state index contributed by atoms with van der Waals surface area (Å²) in [4.78, 5) is 15.2. The number of anilines is 1. The number of rotatable bonds is 5. The number of methoxy groups -OCH3 is 1. The number of aromatic nitrogens is 1. The lowest BCUT2D eigenvalue weighted by Gasteiger charge is -2.03. The Labute approximate surface area is 88.2 Å². The Morgan fingerprint density at radius 1 is 1.47 bits per heavy atom. The van der Waals surface area contributed by atoms with Crippen molar-refractivity contribution in [1.82, 2.24) is 4.98 Å². The molecule has 1 aromatic heterocycles. The SMILES string of the molecule is COCCOC(=O)Cc1ccc(N)cn1. The second kappa shape index (κ2) is 5.98. The molecule has 0 spiro atoms. The van der Waals surface area contributed by atoms with Gasteiger partial charge >= 0.3 is 5.97 Å². The molecular weight excluding hydrogens is 196 g/mol. The van der Waals surface area contributed by atoms with Gasteiger partial charge in [0.1, 0.15) is 6.61 Å². The first-order valence-electron chi connectivity index (χ1n) is 4.57. The van der Waals surface area contributed by atoms with Crippen molar-refractivity contribution in [3.05, 3.63) is 24.0 Å². The normalized spacial score (nSPS) is 9.93.